The Morgan fingerprint density at radius 1 is 1.17 bits per heavy atom. The van der Waals surface area contributed by atoms with E-state index in [1.807, 2.05) is 13.0 Å². The maximum atomic E-state index is 12.7. The maximum absolute atomic E-state index is 12.7. The molecule has 1 aliphatic heterocycles. The Labute approximate surface area is 174 Å². The largest absolute Gasteiger partial charge is 0.478 e. The van der Waals surface area contributed by atoms with Gasteiger partial charge in [0.05, 0.1) is 23.0 Å². The number of Topliss-reactive ketones (excluding diaryl/α,β-unsaturated/α-hetero) is 1. The molecule has 0 atom stereocenters. The lowest BCUT2D eigenvalue weighted by molar-refractivity contribution is -0.386. The fourth-order valence-corrected chi connectivity index (χ4v) is 4.63. The van der Waals surface area contributed by atoms with Crippen LogP contribution in [0, 0.1) is 24.0 Å². The van der Waals surface area contributed by atoms with Crippen LogP contribution in [-0.4, -0.2) is 56.3 Å². The summed E-state index contributed by atoms with van der Waals surface area (Å²) >= 11 is 0. The number of ether oxygens (including phenoxy) is 2. The molecule has 1 heterocycles. The number of nitrogens with zero attached hydrogens (tertiary/aromatic N) is 2. The van der Waals surface area contributed by atoms with E-state index in [1.165, 1.54) is 16.4 Å². The van der Waals surface area contributed by atoms with Gasteiger partial charge >= 0.3 is 5.69 Å². The molecule has 0 unspecified atom stereocenters. The van der Waals surface area contributed by atoms with Crippen LogP contribution in [0.15, 0.2) is 41.3 Å². The number of hydrogen-bond acceptors (Lipinski definition) is 7. The quantitative estimate of drug-likeness (QED) is 0.373. The molecule has 2 aromatic rings. The highest BCUT2D eigenvalue weighted by Crippen LogP contribution is 2.31. The highest BCUT2D eigenvalue weighted by atomic mass is 32.2. The van der Waals surface area contributed by atoms with Crippen molar-refractivity contribution in [3.8, 4) is 5.75 Å². The molecule has 9 nitrogen and oxygen atoms in total. The van der Waals surface area contributed by atoms with Gasteiger partial charge in [-0.15, -0.1) is 0 Å². The van der Waals surface area contributed by atoms with Crippen LogP contribution in [0.3, 0.4) is 0 Å². The van der Waals surface area contributed by atoms with E-state index < -0.39 is 27.2 Å². The van der Waals surface area contributed by atoms with Crippen LogP contribution >= 0.6 is 0 Å². The van der Waals surface area contributed by atoms with Crippen molar-refractivity contribution in [1.29, 1.82) is 0 Å². The number of carbonyl (C=O) groups is 1. The Kier molecular flexibility index (Phi) is 6.49. The van der Waals surface area contributed by atoms with E-state index in [0.717, 1.165) is 17.2 Å². The molecule has 0 radical (unpaired) electrons. The lowest BCUT2D eigenvalue weighted by atomic mass is 10.0. The first kappa shape index (κ1) is 21.9. The van der Waals surface area contributed by atoms with E-state index in [0.29, 0.717) is 5.56 Å². The number of aryl methyl sites for hydroxylation is 2. The van der Waals surface area contributed by atoms with Crippen LogP contribution in [0.4, 0.5) is 5.69 Å². The van der Waals surface area contributed by atoms with Crippen LogP contribution in [0.25, 0.3) is 0 Å². The van der Waals surface area contributed by atoms with E-state index in [4.69, 9.17) is 9.47 Å². The zero-order chi connectivity index (χ0) is 21.9. The van der Waals surface area contributed by atoms with Gasteiger partial charge in [-0.25, -0.2) is 8.42 Å². The molecular formula is C20H22N2O7S. The highest BCUT2D eigenvalue weighted by molar-refractivity contribution is 7.89. The lowest BCUT2D eigenvalue weighted by Gasteiger charge is -2.26. The third-order valence-corrected chi connectivity index (χ3v) is 6.67. The normalized spacial score (nSPS) is 15.0. The Morgan fingerprint density at radius 2 is 1.87 bits per heavy atom. The minimum absolute atomic E-state index is 0.168. The third kappa shape index (κ3) is 4.66. The summed E-state index contributed by atoms with van der Waals surface area (Å²) < 4.78 is 37.3. The Morgan fingerprint density at radius 3 is 2.50 bits per heavy atom. The number of rotatable bonds is 7. The Balaban J connectivity index is 1.82. The van der Waals surface area contributed by atoms with Crippen LogP contribution in [0.2, 0.25) is 0 Å². The monoisotopic (exact) mass is 434 g/mol. The molecule has 30 heavy (non-hydrogen) atoms. The van der Waals surface area contributed by atoms with Crippen molar-refractivity contribution in [2.75, 3.05) is 32.9 Å². The molecule has 0 spiro atoms. The number of nitro groups is 1. The highest BCUT2D eigenvalue weighted by Gasteiger charge is 2.29. The number of hydrogen-bond donors (Lipinski definition) is 0. The summed E-state index contributed by atoms with van der Waals surface area (Å²) in [6.45, 7) is 4.20. The summed E-state index contributed by atoms with van der Waals surface area (Å²) in [5, 5.41) is 11.5. The van der Waals surface area contributed by atoms with E-state index >= 15 is 0 Å². The molecule has 1 aliphatic rings. The minimum atomic E-state index is -3.89. The van der Waals surface area contributed by atoms with E-state index in [-0.39, 0.29) is 42.7 Å². The number of morpholine rings is 1. The van der Waals surface area contributed by atoms with Gasteiger partial charge in [0.15, 0.2) is 18.1 Å². The standard InChI is InChI=1S/C20H22N2O7S/c1-14-3-5-17(15(2)11-14)19(23)13-29-20-6-4-16(12-18(20)22(24)25)30(26,27)21-7-9-28-10-8-21/h3-6,11-12H,7-10,13H2,1-2H3. The van der Waals surface area contributed by atoms with Gasteiger partial charge in [0.25, 0.3) is 0 Å². The molecular weight excluding hydrogens is 412 g/mol. The third-order valence-electron chi connectivity index (χ3n) is 4.78. The summed E-state index contributed by atoms with van der Waals surface area (Å²) in [5.41, 5.74) is 1.75. The second-order valence-corrected chi connectivity index (χ2v) is 8.87. The zero-order valence-corrected chi connectivity index (χ0v) is 17.5. The molecule has 0 aliphatic carbocycles. The first-order valence-electron chi connectivity index (χ1n) is 9.30. The summed E-state index contributed by atoms with van der Waals surface area (Å²) in [4.78, 5) is 23.0. The number of benzene rings is 2. The molecule has 0 N–H and O–H groups in total. The molecule has 10 heteroatoms. The van der Waals surface area contributed by atoms with Gasteiger partial charge in [-0.05, 0) is 31.5 Å². The van der Waals surface area contributed by atoms with Gasteiger partial charge in [0.2, 0.25) is 10.0 Å². The first-order chi connectivity index (χ1) is 14.2. The molecule has 1 saturated heterocycles. The van der Waals surface area contributed by atoms with E-state index in [9.17, 15) is 23.3 Å². The van der Waals surface area contributed by atoms with Gasteiger partial charge < -0.3 is 9.47 Å². The molecule has 2 aromatic carbocycles. The van der Waals surface area contributed by atoms with Gasteiger partial charge in [0, 0.05) is 24.7 Å². The summed E-state index contributed by atoms with van der Waals surface area (Å²) in [7, 11) is -3.89. The predicted molar refractivity (Wildman–Crippen MR) is 108 cm³/mol. The summed E-state index contributed by atoms with van der Waals surface area (Å²) in [6.07, 6.45) is 0. The average molecular weight is 434 g/mol. The lowest BCUT2D eigenvalue weighted by Crippen LogP contribution is -2.40. The predicted octanol–water partition coefficient (Wildman–Crippen LogP) is 2.49. The molecule has 0 amide bonds. The zero-order valence-electron chi connectivity index (χ0n) is 16.7. The number of ketones is 1. The average Bonchev–Trinajstić information content (AvgIpc) is 2.72. The Hall–Kier alpha value is -2.82. The van der Waals surface area contributed by atoms with Gasteiger partial charge in [-0.3, -0.25) is 14.9 Å². The van der Waals surface area contributed by atoms with E-state index in [2.05, 4.69) is 0 Å². The molecule has 1 fully saturated rings. The number of carbonyl (C=O) groups excluding carboxylic acids is 1. The van der Waals surface area contributed by atoms with E-state index in [1.54, 1.807) is 19.1 Å². The summed E-state index contributed by atoms with van der Waals surface area (Å²) in [6, 6.07) is 8.76. The second kappa shape index (κ2) is 8.90. The molecule has 0 aromatic heterocycles. The maximum Gasteiger partial charge on any atom is 0.312 e. The van der Waals surface area contributed by atoms with Gasteiger partial charge in [-0.1, -0.05) is 23.8 Å². The van der Waals surface area contributed by atoms with Crippen molar-refractivity contribution in [2.45, 2.75) is 18.7 Å². The topological polar surface area (TPSA) is 116 Å². The number of sulfonamides is 1. The summed E-state index contributed by atoms with van der Waals surface area (Å²) in [5.74, 6) is -0.495. The SMILES string of the molecule is Cc1ccc(C(=O)COc2ccc(S(=O)(=O)N3CCOCC3)cc2[N+](=O)[O-])c(C)c1. The fraction of sp³-hybridized carbons (Fsp3) is 0.350. The van der Waals surface area contributed by atoms with Crippen LogP contribution < -0.4 is 4.74 Å². The van der Waals surface area contributed by atoms with Crippen molar-refractivity contribution in [1.82, 2.24) is 4.31 Å². The van der Waals surface area contributed by atoms with Crippen molar-refractivity contribution in [3.63, 3.8) is 0 Å². The molecule has 0 bridgehead atoms. The Bertz CT molecular complexity index is 1080. The molecule has 3 rings (SSSR count). The second-order valence-electron chi connectivity index (χ2n) is 6.93. The van der Waals surface area contributed by atoms with Gasteiger partial charge in [-0.2, -0.15) is 4.31 Å². The van der Waals surface area contributed by atoms with Crippen molar-refractivity contribution < 1.29 is 27.6 Å². The van der Waals surface area contributed by atoms with Crippen molar-refractivity contribution >= 4 is 21.5 Å². The van der Waals surface area contributed by atoms with Crippen molar-refractivity contribution in [2.24, 2.45) is 0 Å². The van der Waals surface area contributed by atoms with Crippen LogP contribution in [-0.2, 0) is 14.8 Å². The molecule has 160 valence electrons. The smallest absolute Gasteiger partial charge is 0.312 e. The fourth-order valence-electron chi connectivity index (χ4n) is 3.21. The minimum Gasteiger partial charge on any atom is -0.478 e. The van der Waals surface area contributed by atoms with Crippen LogP contribution in [0.1, 0.15) is 21.5 Å². The van der Waals surface area contributed by atoms with Crippen LogP contribution in [0.5, 0.6) is 5.75 Å². The molecule has 0 saturated carbocycles. The number of nitro benzene ring substituents is 1. The first-order valence-corrected chi connectivity index (χ1v) is 10.7. The van der Waals surface area contributed by atoms with Crippen molar-refractivity contribution in [3.05, 3.63) is 63.2 Å². The van der Waals surface area contributed by atoms with Gasteiger partial charge in [0.1, 0.15) is 0 Å².